The number of aryl methyl sites for hydroxylation is 1. The summed E-state index contributed by atoms with van der Waals surface area (Å²) in [5.41, 5.74) is 3.58. The monoisotopic (exact) mass is 393 g/mol. The van der Waals surface area contributed by atoms with E-state index in [0.717, 1.165) is 37.3 Å². The summed E-state index contributed by atoms with van der Waals surface area (Å²) in [6.45, 7) is 4.78. The van der Waals surface area contributed by atoms with Gasteiger partial charge in [0.15, 0.2) is 11.7 Å². The first-order chi connectivity index (χ1) is 13.7. The van der Waals surface area contributed by atoms with Crippen molar-refractivity contribution in [3.8, 4) is 5.75 Å². The smallest absolute Gasteiger partial charge is 0.264 e. The van der Waals surface area contributed by atoms with Crippen LogP contribution in [0.3, 0.4) is 0 Å². The van der Waals surface area contributed by atoms with E-state index in [1.807, 2.05) is 37.3 Å². The van der Waals surface area contributed by atoms with Crippen LogP contribution in [0.15, 0.2) is 54.6 Å². The second-order valence-corrected chi connectivity index (χ2v) is 8.07. The number of benzene rings is 2. The summed E-state index contributed by atoms with van der Waals surface area (Å²) in [6.07, 6.45) is 0.911. The number of rotatable bonds is 6. The molecule has 4 rings (SSSR count). The SMILES string of the molecule is Cc1ccc(OCC(=O)Nc2nc3c(s2)CN(Cc2ccccc2)CC3)cc1. The molecule has 0 bridgehead atoms. The highest BCUT2D eigenvalue weighted by molar-refractivity contribution is 7.15. The van der Waals surface area contributed by atoms with E-state index >= 15 is 0 Å². The van der Waals surface area contributed by atoms with Crippen LogP contribution >= 0.6 is 11.3 Å². The molecule has 2 heterocycles. The summed E-state index contributed by atoms with van der Waals surface area (Å²) in [7, 11) is 0. The fraction of sp³-hybridized carbons (Fsp3) is 0.273. The Morgan fingerprint density at radius 2 is 1.96 bits per heavy atom. The molecule has 0 radical (unpaired) electrons. The Labute approximate surface area is 169 Å². The second kappa shape index (κ2) is 8.54. The van der Waals surface area contributed by atoms with Gasteiger partial charge in [0.25, 0.3) is 5.91 Å². The number of carbonyl (C=O) groups is 1. The number of aromatic nitrogens is 1. The molecule has 0 aliphatic carbocycles. The van der Waals surface area contributed by atoms with Crippen molar-refractivity contribution in [3.05, 3.63) is 76.3 Å². The fourth-order valence-corrected chi connectivity index (χ4v) is 4.28. The van der Waals surface area contributed by atoms with Crippen LogP contribution in [0, 0.1) is 6.92 Å². The van der Waals surface area contributed by atoms with E-state index in [1.165, 1.54) is 10.4 Å². The molecule has 1 N–H and O–H groups in total. The molecule has 0 saturated carbocycles. The van der Waals surface area contributed by atoms with Crippen molar-refractivity contribution in [1.82, 2.24) is 9.88 Å². The van der Waals surface area contributed by atoms with Crippen molar-refractivity contribution in [2.45, 2.75) is 26.4 Å². The first-order valence-corrected chi connectivity index (χ1v) is 10.2. The number of hydrogen-bond acceptors (Lipinski definition) is 5. The molecule has 1 aromatic heterocycles. The number of nitrogens with one attached hydrogen (secondary N) is 1. The van der Waals surface area contributed by atoms with E-state index in [9.17, 15) is 4.79 Å². The van der Waals surface area contributed by atoms with Gasteiger partial charge in [-0.1, -0.05) is 48.0 Å². The number of fused-ring (bicyclic) bond motifs is 1. The average molecular weight is 394 g/mol. The van der Waals surface area contributed by atoms with Gasteiger partial charge in [-0.3, -0.25) is 15.0 Å². The fourth-order valence-electron chi connectivity index (χ4n) is 3.22. The van der Waals surface area contributed by atoms with Crippen LogP contribution in [0.25, 0.3) is 0 Å². The molecular formula is C22H23N3O2S. The minimum Gasteiger partial charge on any atom is -0.484 e. The van der Waals surface area contributed by atoms with Crippen molar-refractivity contribution in [2.24, 2.45) is 0 Å². The highest BCUT2D eigenvalue weighted by atomic mass is 32.1. The molecule has 5 nitrogen and oxygen atoms in total. The van der Waals surface area contributed by atoms with Gasteiger partial charge in [-0.2, -0.15) is 0 Å². The average Bonchev–Trinajstić information content (AvgIpc) is 3.10. The molecule has 2 aromatic carbocycles. The molecule has 0 atom stereocenters. The maximum Gasteiger partial charge on any atom is 0.264 e. The largest absolute Gasteiger partial charge is 0.484 e. The maximum atomic E-state index is 12.2. The molecule has 0 spiro atoms. The molecule has 28 heavy (non-hydrogen) atoms. The summed E-state index contributed by atoms with van der Waals surface area (Å²) in [6, 6.07) is 18.2. The number of carbonyl (C=O) groups excluding carboxylic acids is 1. The Morgan fingerprint density at radius 3 is 2.75 bits per heavy atom. The van der Waals surface area contributed by atoms with Crippen LogP contribution in [-0.4, -0.2) is 28.9 Å². The normalized spacial score (nSPS) is 13.8. The summed E-state index contributed by atoms with van der Waals surface area (Å²) >= 11 is 1.56. The van der Waals surface area contributed by atoms with E-state index in [0.29, 0.717) is 10.9 Å². The van der Waals surface area contributed by atoms with Gasteiger partial charge in [0, 0.05) is 30.9 Å². The van der Waals surface area contributed by atoms with Crippen LogP contribution in [-0.2, 0) is 24.3 Å². The maximum absolute atomic E-state index is 12.2. The topological polar surface area (TPSA) is 54.5 Å². The number of amides is 1. The quantitative estimate of drug-likeness (QED) is 0.687. The molecule has 0 unspecified atom stereocenters. The molecule has 144 valence electrons. The van der Waals surface area contributed by atoms with Gasteiger partial charge in [-0.25, -0.2) is 4.98 Å². The van der Waals surface area contributed by atoms with E-state index in [4.69, 9.17) is 4.74 Å². The highest BCUT2D eigenvalue weighted by Crippen LogP contribution is 2.29. The third-order valence-corrected chi connectivity index (χ3v) is 5.69. The number of nitrogens with zero attached hydrogens (tertiary/aromatic N) is 2. The van der Waals surface area contributed by atoms with Gasteiger partial charge < -0.3 is 4.74 Å². The Morgan fingerprint density at radius 1 is 1.18 bits per heavy atom. The standard InChI is InChI=1S/C22H23N3O2S/c1-16-7-9-18(10-8-16)27-15-21(26)24-22-23-19-11-12-25(14-20(19)28-22)13-17-5-3-2-4-6-17/h2-10H,11-15H2,1H3,(H,23,24,26). The Balaban J connectivity index is 1.31. The van der Waals surface area contributed by atoms with Crippen molar-refractivity contribution in [3.63, 3.8) is 0 Å². The lowest BCUT2D eigenvalue weighted by atomic mass is 10.1. The minimum absolute atomic E-state index is 0.0204. The molecule has 3 aromatic rings. The zero-order valence-corrected chi connectivity index (χ0v) is 16.7. The molecule has 0 fully saturated rings. The lowest BCUT2D eigenvalue weighted by Gasteiger charge is -2.25. The number of ether oxygens (including phenoxy) is 1. The Kier molecular flexibility index (Phi) is 5.69. The summed E-state index contributed by atoms with van der Waals surface area (Å²) < 4.78 is 5.54. The molecule has 0 saturated heterocycles. The van der Waals surface area contributed by atoms with Crippen LogP contribution in [0.5, 0.6) is 5.75 Å². The van der Waals surface area contributed by atoms with Crippen LogP contribution in [0.4, 0.5) is 5.13 Å². The van der Waals surface area contributed by atoms with Gasteiger partial charge in [0.2, 0.25) is 0 Å². The lowest BCUT2D eigenvalue weighted by Crippen LogP contribution is -2.29. The third kappa shape index (κ3) is 4.77. The van der Waals surface area contributed by atoms with Crippen LogP contribution in [0.2, 0.25) is 0 Å². The number of thiazole rings is 1. The second-order valence-electron chi connectivity index (χ2n) is 6.99. The van der Waals surface area contributed by atoms with E-state index in [2.05, 4.69) is 39.5 Å². The zero-order valence-electron chi connectivity index (χ0n) is 15.9. The van der Waals surface area contributed by atoms with E-state index in [-0.39, 0.29) is 12.5 Å². The first-order valence-electron chi connectivity index (χ1n) is 9.40. The van der Waals surface area contributed by atoms with Crippen molar-refractivity contribution >= 4 is 22.4 Å². The Bertz CT molecular complexity index is 938. The van der Waals surface area contributed by atoms with Gasteiger partial charge in [0.1, 0.15) is 5.75 Å². The Hall–Kier alpha value is -2.70. The number of hydrogen-bond donors (Lipinski definition) is 1. The van der Waals surface area contributed by atoms with Gasteiger partial charge >= 0.3 is 0 Å². The van der Waals surface area contributed by atoms with Crippen LogP contribution in [0.1, 0.15) is 21.7 Å². The predicted octanol–water partition coefficient (Wildman–Crippen LogP) is 4.03. The third-order valence-electron chi connectivity index (χ3n) is 4.70. The zero-order chi connectivity index (χ0) is 19.3. The lowest BCUT2D eigenvalue weighted by molar-refractivity contribution is -0.118. The summed E-state index contributed by atoms with van der Waals surface area (Å²) in [4.78, 5) is 20.4. The molecular weight excluding hydrogens is 370 g/mol. The highest BCUT2D eigenvalue weighted by Gasteiger charge is 2.21. The van der Waals surface area contributed by atoms with Crippen LogP contribution < -0.4 is 10.1 Å². The van der Waals surface area contributed by atoms with Crippen molar-refractivity contribution in [1.29, 1.82) is 0 Å². The van der Waals surface area contributed by atoms with Gasteiger partial charge in [-0.05, 0) is 24.6 Å². The molecule has 1 aliphatic heterocycles. The van der Waals surface area contributed by atoms with Gasteiger partial charge in [-0.15, -0.1) is 11.3 Å². The predicted molar refractivity (Wildman–Crippen MR) is 112 cm³/mol. The summed E-state index contributed by atoms with van der Waals surface area (Å²) in [5.74, 6) is 0.503. The van der Waals surface area contributed by atoms with E-state index < -0.39 is 0 Å². The van der Waals surface area contributed by atoms with Crippen molar-refractivity contribution in [2.75, 3.05) is 18.5 Å². The number of anilines is 1. The molecule has 1 amide bonds. The summed E-state index contributed by atoms with van der Waals surface area (Å²) in [5, 5.41) is 3.53. The molecule has 1 aliphatic rings. The van der Waals surface area contributed by atoms with Crippen molar-refractivity contribution < 1.29 is 9.53 Å². The molecule has 6 heteroatoms. The first kappa shape index (κ1) is 18.7. The minimum atomic E-state index is -0.187. The van der Waals surface area contributed by atoms with E-state index in [1.54, 1.807) is 11.3 Å². The van der Waals surface area contributed by atoms with Gasteiger partial charge in [0.05, 0.1) is 5.69 Å².